The Morgan fingerprint density at radius 2 is 1.00 bits per heavy atom. The second-order valence-corrected chi connectivity index (χ2v) is 2.34. The van der Waals surface area contributed by atoms with E-state index >= 15 is 0 Å². The zero-order valence-electron chi connectivity index (χ0n) is 6.52. The SMILES string of the molecule is C[C@@H](O)N([C@@H](C)O)[C@@H](C)O. The molecule has 4 heteroatoms. The zero-order chi connectivity index (χ0) is 8.31. The van der Waals surface area contributed by atoms with Crippen molar-refractivity contribution in [2.45, 2.75) is 39.5 Å². The van der Waals surface area contributed by atoms with Crippen LogP contribution in [0.25, 0.3) is 0 Å². The Balaban J connectivity index is 3.98. The highest BCUT2D eigenvalue weighted by Crippen LogP contribution is 2.04. The maximum Gasteiger partial charge on any atom is 0.108 e. The summed E-state index contributed by atoms with van der Waals surface area (Å²) < 4.78 is 0. The van der Waals surface area contributed by atoms with Crippen molar-refractivity contribution in [2.75, 3.05) is 0 Å². The Morgan fingerprint density at radius 1 is 0.800 bits per heavy atom. The summed E-state index contributed by atoms with van der Waals surface area (Å²) in [5, 5.41) is 26.9. The quantitative estimate of drug-likeness (QED) is 0.464. The summed E-state index contributed by atoms with van der Waals surface area (Å²) >= 11 is 0. The van der Waals surface area contributed by atoms with Gasteiger partial charge in [-0.05, 0) is 20.8 Å². The van der Waals surface area contributed by atoms with Crippen molar-refractivity contribution in [1.82, 2.24) is 4.90 Å². The summed E-state index contributed by atoms with van der Waals surface area (Å²) in [6.07, 6.45) is -2.50. The number of nitrogens with zero attached hydrogens (tertiary/aromatic N) is 1. The van der Waals surface area contributed by atoms with Gasteiger partial charge in [-0.2, -0.15) is 0 Å². The minimum atomic E-state index is -0.833. The van der Waals surface area contributed by atoms with Crippen LogP contribution >= 0.6 is 0 Å². The molecule has 0 aromatic heterocycles. The van der Waals surface area contributed by atoms with E-state index in [1.54, 1.807) is 0 Å². The molecule has 0 aliphatic heterocycles. The Hall–Kier alpha value is -0.160. The van der Waals surface area contributed by atoms with Gasteiger partial charge in [0.2, 0.25) is 0 Å². The van der Waals surface area contributed by atoms with Gasteiger partial charge in [0.25, 0.3) is 0 Å². The Kier molecular flexibility index (Phi) is 3.81. The van der Waals surface area contributed by atoms with Gasteiger partial charge < -0.3 is 15.3 Å². The third-order valence-corrected chi connectivity index (χ3v) is 1.29. The summed E-state index contributed by atoms with van der Waals surface area (Å²) in [6, 6.07) is 0. The van der Waals surface area contributed by atoms with Crippen LogP contribution in [0.4, 0.5) is 0 Å². The van der Waals surface area contributed by atoms with Crippen LogP contribution in [0, 0.1) is 0 Å². The highest BCUT2D eigenvalue weighted by atomic mass is 16.4. The van der Waals surface area contributed by atoms with E-state index in [-0.39, 0.29) is 0 Å². The summed E-state index contributed by atoms with van der Waals surface area (Å²) in [4.78, 5) is 1.17. The van der Waals surface area contributed by atoms with E-state index in [4.69, 9.17) is 15.3 Å². The van der Waals surface area contributed by atoms with Gasteiger partial charge in [0, 0.05) is 0 Å². The second kappa shape index (κ2) is 3.88. The first-order chi connectivity index (χ1) is 4.46. The first-order valence-electron chi connectivity index (χ1n) is 3.28. The van der Waals surface area contributed by atoms with Crippen molar-refractivity contribution >= 4 is 0 Å². The normalized spacial score (nSPS) is 20.7. The monoisotopic (exact) mass is 149 g/mol. The molecule has 3 N–H and O–H groups in total. The first-order valence-corrected chi connectivity index (χ1v) is 3.28. The third-order valence-electron chi connectivity index (χ3n) is 1.29. The molecule has 0 saturated heterocycles. The van der Waals surface area contributed by atoms with E-state index in [0.717, 1.165) is 0 Å². The van der Waals surface area contributed by atoms with Gasteiger partial charge in [-0.3, -0.25) is 0 Å². The number of hydrogen-bond donors (Lipinski definition) is 3. The van der Waals surface area contributed by atoms with E-state index in [9.17, 15) is 0 Å². The van der Waals surface area contributed by atoms with E-state index in [1.165, 1.54) is 25.7 Å². The fourth-order valence-electron chi connectivity index (χ4n) is 0.937. The molecule has 4 nitrogen and oxygen atoms in total. The van der Waals surface area contributed by atoms with Gasteiger partial charge in [-0.15, -0.1) is 0 Å². The van der Waals surface area contributed by atoms with Crippen LogP contribution in [0.15, 0.2) is 0 Å². The standard InChI is InChI=1S/C6H15NO3/c1-4(8)7(5(2)9)6(3)10/h4-6,8-10H,1-3H3/t4-,5-,6-/m1/s1. The van der Waals surface area contributed by atoms with E-state index < -0.39 is 18.7 Å². The molecular formula is C6H15NO3. The van der Waals surface area contributed by atoms with Crippen molar-refractivity contribution in [3.8, 4) is 0 Å². The average molecular weight is 149 g/mol. The maximum absolute atomic E-state index is 8.96. The van der Waals surface area contributed by atoms with Crippen LogP contribution in [-0.2, 0) is 0 Å². The molecule has 3 atom stereocenters. The van der Waals surface area contributed by atoms with Crippen LogP contribution < -0.4 is 0 Å². The molecule has 0 spiro atoms. The van der Waals surface area contributed by atoms with E-state index in [1.807, 2.05) is 0 Å². The Bertz CT molecular complexity index is 74.0. The van der Waals surface area contributed by atoms with Gasteiger partial charge in [0.1, 0.15) is 18.7 Å². The molecule has 0 bridgehead atoms. The summed E-state index contributed by atoms with van der Waals surface area (Å²) in [5.41, 5.74) is 0. The van der Waals surface area contributed by atoms with Crippen LogP contribution in [0.5, 0.6) is 0 Å². The molecule has 0 aromatic rings. The van der Waals surface area contributed by atoms with Crippen molar-refractivity contribution < 1.29 is 15.3 Å². The summed E-state index contributed by atoms with van der Waals surface area (Å²) in [5.74, 6) is 0. The molecule has 10 heavy (non-hydrogen) atoms. The van der Waals surface area contributed by atoms with Gasteiger partial charge in [0.05, 0.1) is 0 Å². The maximum atomic E-state index is 8.96. The molecular weight excluding hydrogens is 134 g/mol. The number of aliphatic hydroxyl groups is 3. The Morgan fingerprint density at radius 3 is 1.00 bits per heavy atom. The van der Waals surface area contributed by atoms with E-state index in [0.29, 0.717) is 0 Å². The van der Waals surface area contributed by atoms with Crippen molar-refractivity contribution in [2.24, 2.45) is 0 Å². The molecule has 0 fully saturated rings. The molecule has 0 saturated carbocycles. The minimum absolute atomic E-state index is 0.833. The van der Waals surface area contributed by atoms with Crippen LogP contribution in [0.3, 0.4) is 0 Å². The molecule has 0 aromatic carbocycles. The average Bonchev–Trinajstić information content (AvgIpc) is 1.59. The summed E-state index contributed by atoms with van der Waals surface area (Å²) in [6.45, 7) is 4.46. The smallest absolute Gasteiger partial charge is 0.108 e. The number of hydrogen-bond acceptors (Lipinski definition) is 4. The largest absolute Gasteiger partial charge is 0.379 e. The topological polar surface area (TPSA) is 63.9 Å². The molecule has 0 unspecified atom stereocenters. The zero-order valence-corrected chi connectivity index (χ0v) is 6.52. The number of aliphatic hydroxyl groups excluding tert-OH is 3. The molecule has 0 aliphatic carbocycles. The third kappa shape index (κ3) is 2.62. The minimum Gasteiger partial charge on any atom is -0.379 e. The highest BCUT2D eigenvalue weighted by Gasteiger charge is 2.19. The fourth-order valence-corrected chi connectivity index (χ4v) is 0.937. The second-order valence-electron chi connectivity index (χ2n) is 2.34. The van der Waals surface area contributed by atoms with Crippen LogP contribution in [0.1, 0.15) is 20.8 Å². The van der Waals surface area contributed by atoms with Gasteiger partial charge in [-0.1, -0.05) is 0 Å². The van der Waals surface area contributed by atoms with Gasteiger partial charge in [-0.25, -0.2) is 4.90 Å². The van der Waals surface area contributed by atoms with Crippen LogP contribution in [-0.4, -0.2) is 38.9 Å². The van der Waals surface area contributed by atoms with E-state index in [2.05, 4.69) is 0 Å². The molecule has 62 valence electrons. The Labute approximate surface area is 60.7 Å². The van der Waals surface area contributed by atoms with Gasteiger partial charge in [0.15, 0.2) is 0 Å². The van der Waals surface area contributed by atoms with Crippen molar-refractivity contribution in [1.29, 1.82) is 0 Å². The fraction of sp³-hybridized carbons (Fsp3) is 1.00. The molecule has 0 heterocycles. The molecule has 0 rings (SSSR count). The molecule has 0 aliphatic rings. The van der Waals surface area contributed by atoms with Crippen LogP contribution in [0.2, 0.25) is 0 Å². The van der Waals surface area contributed by atoms with Crippen molar-refractivity contribution in [3.05, 3.63) is 0 Å². The van der Waals surface area contributed by atoms with Gasteiger partial charge >= 0.3 is 0 Å². The van der Waals surface area contributed by atoms with Crippen molar-refractivity contribution in [3.63, 3.8) is 0 Å². The lowest BCUT2D eigenvalue weighted by Crippen LogP contribution is -2.45. The number of rotatable bonds is 3. The predicted molar refractivity (Wildman–Crippen MR) is 36.9 cm³/mol. The lowest BCUT2D eigenvalue weighted by atomic mass is 10.4. The summed E-state index contributed by atoms with van der Waals surface area (Å²) in [7, 11) is 0. The molecule has 0 radical (unpaired) electrons. The lowest BCUT2D eigenvalue weighted by molar-refractivity contribution is -0.159. The highest BCUT2D eigenvalue weighted by molar-refractivity contribution is 4.58. The predicted octanol–water partition coefficient (Wildman–Crippen LogP) is -0.697. The lowest BCUT2D eigenvalue weighted by Gasteiger charge is -2.30. The molecule has 0 amide bonds. The first kappa shape index (κ1) is 9.84.